The molecule has 1 aromatic rings. The highest BCUT2D eigenvalue weighted by Gasteiger charge is 2.30. The van der Waals surface area contributed by atoms with Crippen LogP contribution in [0.5, 0.6) is 0 Å². The Morgan fingerprint density at radius 3 is 2.72 bits per heavy atom. The van der Waals surface area contributed by atoms with Gasteiger partial charge in [-0.25, -0.2) is 0 Å². The van der Waals surface area contributed by atoms with Gasteiger partial charge in [-0.15, -0.1) is 4.40 Å². The van der Waals surface area contributed by atoms with Crippen LogP contribution in [0.3, 0.4) is 0 Å². The number of sulfonamides is 1. The molecule has 0 bridgehead atoms. The number of fused-ring (bicyclic) bond motifs is 1. The maximum Gasteiger partial charge on any atom is 0.285 e. The second kappa shape index (κ2) is 5.07. The number of hydrogen-bond acceptors (Lipinski definition) is 4. The van der Waals surface area contributed by atoms with Crippen molar-refractivity contribution in [2.45, 2.75) is 18.2 Å². The lowest BCUT2D eigenvalue weighted by Crippen LogP contribution is -2.32. The maximum absolute atomic E-state index is 11.9. The van der Waals surface area contributed by atoms with Crippen molar-refractivity contribution in [3.63, 3.8) is 0 Å². The molecule has 0 atom stereocenters. The van der Waals surface area contributed by atoms with E-state index in [1.807, 2.05) is 17.9 Å². The Labute approximate surface area is 107 Å². The topological polar surface area (TPSA) is 75.8 Å². The molecule has 5 nitrogen and oxygen atoms in total. The summed E-state index contributed by atoms with van der Waals surface area (Å²) in [5.74, 6) is 0.543. The Morgan fingerprint density at radius 2 is 2.06 bits per heavy atom. The summed E-state index contributed by atoms with van der Waals surface area (Å²) in [6.07, 6.45) is 0.815. The van der Waals surface area contributed by atoms with Gasteiger partial charge >= 0.3 is 0 Å². The first kappa shape index (κ1) is 13.0. The highest BCUT2D eigenvalue weighted by molar-refractivity contribution is 7.90. The Hall–Kier alpha value is -1.40. The van der Waals surface area contributed by atoms with Crippen LogP contribution in [-0.2, 0) is 10.0 Å². The number of amidine groups is 1. The van der Waals surface area contributed by atoms with Gasteiger partial charge < -0.3 is 10.6 Å². The number of nitrogens with zero attached hydrogens (tertiary/aromatic N) is 2. The van der Waals surface area contributed by atoms with Crippen LogP contribution in [0.15, 0.2) is 33.6 Å². The molecular formula is C12H17N3O2S. The number of rotatable bonds is 4. The molecule has 0 spiro atoms. The van der Waals surface area contributed by atoms with Crippen molar-refractivity contribution in [3.05, 3.63) is 29.8 Å². The van der Waals surface area contributed by atoms with Crippen LogP contribution >= 0.6 is 0 Å². The van der Waals surface area contributed by atoms with Crippen molar-refractivity contribution in [1.29, 1.82) is 0 Å². The minimum absolute atomic E-state index is 0.297. The Kier molecular flexibility index (Phi) is 3.68. The van der Waals surface area contributed by atoms with E-state index in [0.717, 1.165) is 13.0 Å². The third-order valence-corrected chi connectivity index (χ3v) is 4.25. The SMILES string of the molecule is CCN(CCCN)C1=NS(=O)(=O)c2ccccc21. The summed E-state index contributed by atoms with van der Waals surface area (Å²) in [4.78, 5) is 2.25. The standard InChI is InChI=1S/C12H17N3O2S/c1-2-15(9-5-8-13)12-10-6-3-4-7-11(10)18(16,17)14-12/h3-4,6-7H,2,5,8-9,13H2,1H3. The first-order valence-electron chi connectivity index (χ1n) is 5.99. The lowest BCUT2D eigenvalue weighted by atomic mass is 10.2. The summed E-state index contributed by atoms with van der Waals surface area (Å²) in [6.45, 7) is 3.99. The van der Waals surface area contributed by atoms with Crippen LogP contribution in [0.2, 0.25) is 0 Å². The summed E-state index contributed by atoms with van der Waals surface area (Å²) >= 11 is 0. The minimum atomic E-state index is -3.52. The van der Waals surface area contributed by atoms with Gasteiger partial charge in [0.05, 0.1) is 0 Å². The predicted octanol–water partition coefficient (Wildman–Crippen LogP) is 0.806. The molecule has 2 N–H and O–H groups in total. The number of nitrogens with two attached hydrogens (primary N) is 1. The molecule has 6 heteroatoms. The molecule has 0 aliphatic carbocycles. The van der Waals surface area contributed by atoms with Crippen molar-refractivity contribution in [1.82, 2.24) is 4.90 Å². The Balaban J connectivity index is 2.40. The van der Waals surface area contributed by atoms with E-state index in [2.05, 4.69) is 4.40 Å². The monoisotopic (exact) mass is 267 g/mol. The molecule has 0 aromatic heterocycles. The molecule has 1 aliphatic rings. The highest BCUT2D eigenvalue weighted by atomic mass is 32.2. The van der Waals surface area contributed by atoms with E-state index < -0.39 is 10.0 Å². The van der Waals surface area contributed by atoms with Crippen molar-refractivity contribution in [2.75, 3.05) is 19.6 Å². The van der Waals surface area contributed by atoms with E-state index in [0.29, 0.717) is 29.4 Å². The van der Waals surface area contributed by atoms with Crippen LogP contribution in [0.4, 0.5) is 0 Å². The van der Waals surface area contributed by atoms with Gasteiger partial charge in [-0.05, 0) is 32.0 Å². The summed E-state index contributed by atoms with van der Waals surface area (Å²) in [5, 5.41) is 0. The van der Waals surface area contributed by atoms with Gasteiger partial charge in [0.25, 0.3) is 10.0 Å². The molecule has 18 heavy (non-hydrogen) atoms. The smallest absolute Gasteiger partial charge is 0.285 e. The molecule has 98 valence electrons. The predicted molar refractivity (Wildman–Crippen MR) is 71.1 cm³/mol. The van der Waals surface area contributed by atoms with Gasteiger partial charge in [0.15, 0.2) is 5.84 Å². The zero-order valence-electron chi connectivity index (χ0n) is 10.3. The fourth-order valence-electron chi connectivity index (χ4n) is 2.01. The van der Waals surface area contributed by atoms with Gasteiger partial charge in [0.2, 0.25) is 0 Å². The zero-order valence-corrected chi connectivity index (χ0v) is 11.2. The molecule has 0 saturated carbocycles. The molecular weight excluding hydrogens is 250 g/mol. The van der Waals surface area contributed by atoms with Crippen molar-refractivity contribution in [2.24, 2.45) is 10.1 Å². The number of hydrogen-bond donors (Lipinski definition) is 1. The van der Waals surface area contributed by atoms with Crippen LogP contribution in [0.1, 0.15) is 18.9 Å². The number of benzene rings is 1. The van der Waals surface area contributed by atoms with Crippen molar-refractivity contribution < 1.29 is 8.42 Å². The zero-order chi connectivity index (χ0) is 13.2. The van der Waals surface area contributed by atoms with Crippen LogP contribution in [-0.4, -0.2) is 38.8 Å². The van der Waals surface area contributed by atoms with E-state index in [1.54, 1.807) is 18.2 Å². The lowest BCUT2D eigenvalue weighted by Gasteiger charge is -2.22. The first-order valence-corrected chi connectivity index (χ1v) is 7.43. The van der Waals surface area contributed by atoms with Gasteiger partial charge in [0.1, 0.15) is 4.90 Å². The molecule has 0 amide bonds. The van der Waals surface area contributed by atoms with E-state index >= 15 is 0 Å². The normalized spacial score (nSPS) is 16.2. The molecule has 0 saturated heterocycles. The van der Waals surface area contributed by atoms with Gasteiger partial charge in [-0.2, -0.15) is 8.42 Å². The average Bonchev–Trinajstić information content (AvgIpc) is 2.64. The van der Waals surface area contributed by atoms with Gasteiger partial charge in [0, 0.05) is 18.7 Å². The summed E-state index contributed by atoms with van der Waals surface area (Å²) in [7, 11) is -3.52. The Bertz CT molecular complexity index is 566. The average molecular weight is 267 g/mol. The fraction of sp³-hybridized carbons (Fsp3) is 0.417. The third kappa shape index (κ3) is 2.26. The molecule has 1 heterocycles. The molecule has 1 aliphatic heterocycles. The van der Waals surface area contributed by atoms with E-state index in [9.17, 15) is 8.42 Å². The Morgan fingerprint density at radius 1 is 1.33 bits per heavy atom. The third-order valence-electron chi connectivity index (χ3n) is 2.93. The molecule has 0 radical (unpaired) electrons. The first-order chi connectivity index (χ1) is 8.60. The maximum atomic E-state index is 11.9. The van der Waals surface area contributed by atoms with Crippen LogP contribution in [0.25, 0.3) is 0 Å². The van der Waals surface area contributed by atoms with Gasteiger partial charge in [-0.1, -0.05) is 12.1 Å². The highest BCUT2D eigenvalue weighted by Crippen LogP contribution is 2.27. The van der Waals surface area contributed by atoms with Crippen LogP contribution < -0.4 is 5.73 Å². The van der Waals surface area contributed by atoms with Crippen LogP contribution in [0, 0.1) is 0 Å². The minimum Gasteiger partial charge on any atom is -0.356 e. The van der Waals surface area contributed by atoms with E-state index in [1.165, 1.54) is 0 Å². The molecule has 0 fully saturated rings. The second-order valence-corrected chi connectivity index (χ2v) is 5.68. The summed E-state index contributed by atoms with van der Waals surface area (Å²) in [5.41, 5.74) is 6.18. The quantitative estimate of drug-likeness (QED) is 0.875. The second-order valence-electron chi connectivity index (χ2n) is 4.11. The van der Waals surface area contributed by atoms with Crippen molar-refractivity contribution >= 4 is 15.9 Å². The molecule has 0 unspecified atom stereocenters. The van der Waals surface area contributed by atoms with E-state index in [4.69, 9.17) is 5.73 Å². The molecule has 2 rings (SSSR count). The van der Waals surface area contributed by atoms with E-state index in [-0.39, 0.29) is 0 Å². The summed E-state index contributed by atoms with van der Waals surface area (Å²) in [6, 6.07) is 6.93. The van der Waals surface area contributed by atoms with Gasteiger partial charge in [-0.3, -0.25) is 0 Å². The molecule has 1 aromatic carbocycles. The fourth-order valence-corrected chi connectivity index (χ4v) is 3.24. The largest absolute Gasteiger partial charge is 0.356 e. The summed E-state index contributed by atoms with van der Waals surface area (Å²) < 4.78 is 27.7. The lowest BCUT2D eigenvalue weighted by molar-refractivity contribution is 0.435. The van der Waals surface area contributed by atoms with Crippen molar-refractivity contribution in [3.8, 4) is 0 Å².